The van der Waals surface area contributed by atoms with Crippen LogP contribution < -0.4 is 15.5 Å². The van der Waals surface area contributed by atoms with E-state index in [1.807, 2.05) is 54.6 Å². The van der Waals surface area contributed by atoms with Crippen molar-refractivity contribution in [2.24, 2.45) is 5.10 Å². The smallest absolute Gasteiger partial charge is 0.191 e. The topological polar surface area (TPSA) is 45.7 Å². The first-order chi connectivity index (χ1) is 13.7. The molecule has 1 unspecified atom stereocenters. The molecule has 0 saturated carbocycles. The number of halogens is 1. The summed E-state index contributed by atoms with van der Waals surface area (Å²) < 4.78 is 19.2. The highest BCUT2D eigenvalue weighted by molar-refractivity contribution is 7.80. The molecule has 28 heavy (non-hydrogen) atoms. The third-order valence-corrected chi connectivity index (χ3v) is 4.61. The van der Waals surface area contributed by atoms with Gasteiger partial charge in [0, 0.05) is 17.7 Å². The zero-order chi connectivity index (χ0) is 19.3. The van der Waals surface area contributed by atoms with E-state index in [1.165, 1.54) is 12.1 Å². The van der Waals surface area contributed by atoms with Gasteiger partial charge in [-0.05, 0) is 54.2 Å². The second-order valence-electron chi connectivity index (χ2n) is 6.35. The minimum Gasteiger partial charge on any atom is -0.485 e. The number of para-hydroxylation sites is 1. The first kappa shape index (κ1) is 18.1. The zero-order valence-corrected chi connectivity index (χ0v) is 15.7. The van der Waals surface area contributed by atoms with E-state index < -0.39 is 0 Å². The van der Waals surface area contributed by atoms with Crippen molar-refractivity contribution in [3.63, 3.8) is 0 Å². The van der Waals surface area contributed by atoms with Gasteiger partial charge in [-0.25, -0.2) is 4.39 Å². The molecule has 1 aliphatic rings. The minimum atomic E-state index is -0.296. The van der Waals surface area contributed by atoms with E-state index in [4.69, 9.17) is 17.0 Å². The lowest BCUT2D eigenvalue weighted by atomic mass is 9.96. The summed E-state index contributed by atoms with van der Waals surface area (Å²) in [5, 5.41) is 7.85. The van der Waals surface area contributed by atoms with Gasteiger partial charge in [-0.2, -0.15) is 5.10 Å². The van der Waals surface area contributed by atoms with Gasteiger partial charge >= 0.3 is 0 Å². The lowest BCUT2D eigenvalue weighted by Gasteiger charge is -2.27. The fourth-order valence-electron chi connectivity index (χ4n) is 3.06. The number of thiocarbonyl (C=S) groups is 1. The predicted octanol–water partition coefficient (Wildman–Crippen LogP) is 5.04. The number of nitrogens with zero attached hydrogens (tertiary/aromatic N) is 1. The Morgan fingerprint density at radius 3 is 2.46 bits per heavy atom. The monoisotopic (exact) mass is 391 g/mol. The summed E-state index contributed by atoms with van der Waals surface area (Å²) in [4.78, 5) is 0. The Hall–Kier alpha value is -3.25. The highest BCUT2D eigenvalue weighted by atomic mass is 32.1. The van der Waals surface area contributed by atoms with E-state index in [9.17, 15) is 4.39 Å². The molecule has 2 N–H and O–H groups in total. The van der Waals surface area contributed by atoms with Crippen LogP contribution in [0.1, 0.15) is 23.7 Å². The molecule has 4 rings (SSSR count). The number of anilines is 1. The van der Waals surface area contributed by atoms with E-state index in [2.05, 4.69) is 15.8 Å². The number of rotatable bonds is 3. The van der Waals surface area contributed by atoms with Crippen molar-refractivity contribution in [3.8, 4) is 5.75 Å². The first-order valence-corrected chi connectivity index (χ1v) is 9.30. The molecule has 0 saturated heterocycles. The van der Waals surface area contributed by atoms with Gasteiger partial charge in [0.2, 0.25) is 0 Å². The number of fused-ring (bicyclic) bond motifs is 1. The van der Waals surface area contributed by atoms with E-state index in [0.717, 1.165) is 22.6 Å². The van der Waals surface area contributed by atoms with Gasteiger partial charge in [-0.1, -0.05) is 42.5 Å². The summed E-state index contributed by atoms with van der Waals surface area (Å²) in [7, 11) is 0. The Labute approximate surface area is 168 Å². The number of hydrogen-bond acceptors (Lipinski definition) is 3. The SMILES string of the molecule is Fc1ccc(NC(=S)N/N=C2/CC(c3ccccc3)Oc3ccccc32)cc1. The Morgan fingerprint density at radius 2 is 1.68 bits per heavy atom. The summed E-state index contributed by atoms with van der Waals surface area (Å²) in [6.45, 7) is 0. The van der Waals surface area contributed by atoms with Gasteiger partial charge in [0.1, 0.15) is 17.7 Å². The maximum atomic E-state index is 13.0. The van der Waals surface area contributed by atoms with Crippen LogP contribution in [0.4, 0.5) is 10.1 Å². The molecule has 0 bridgehead atoms. The van der Waals surface area contributed by atoms with Crippen molar-refractivity contribution in [2.75, 3.05) is 5.32 Å². The third-order valence-electron chi connectivity index (χ3n) is 4.41. The van der Waals surface area contributed by atoms with Crippen molar-refractivity contribution >= 4 is 28.7 Å². The fraction of sp³-hybridized carbons (Fsp3) is 0.0909. The molecule has 1 aliphatic heterocycles. The molecule has 0 aliphatic carbocycles. The van der Waals surface area contributed by atoms with Crippen LogP contribution in [0.5, 0.6) is 5.75 Å². The lowest BCUT2D eigenvalue weighted by Crippen LogP contribution is -2.28. The molecule has 3 aromatic rings. The average Bonchev–Trinajstić information content (AvgIpc) is 2.74. The average molecular weight is 391 g/mol. The summed E-state index contributed by atoms with van der Waals surface area (Å²) in [6, 6.07) is 23.9. The Kier molecular flexibility index (Phi) is 5.30. The second kappa shape index (κ2) is 8.19. The van der Waals surface area contributed by atoms with Crippen molar-refractivity contribution < 1.29 is 9.13 Å². The maximum Gasteiger partial charge on any atom is 0.191 e. The molecule has 6 heteroatoms. The predicted molar refractivity (Wildman–Crippen MR) is 113 cm³/mol. The number of hydrazone groups is 1. The Balaban J connectivity index is 1.53. The van der Waals surface area contributed by atoms with E-state index in [1.54, 1.807) is 12.1 Å². The second-order valence-corrected chi connectivity index (χ2v) is 6.76. The molecule has 0 amide bonds. The fourth-order valence-corrected chi connectivity index (χ4v) is 3.22. The normalized spacial score (nSPS) is 16.8. The van der Waals surface area contributed by atoms with Gasteiger partial charge in [-0.3, -0.25) is 5.43 Å². The molecule has 0 fully saturated rings. The van der Waals surface area contributed by atoms with Crippen LogP contribution in [0.3, 0.4) is 0 Å². The zero-order valence-electron chi connectivity index (χ0n) is 14.9. The van der Waals surface area contributed by atoms with Gasteiger partial charge in [0.15, 0.2) is 5.11 Å². The summed E-state index contributed by atoms with van der Waals surface area (Å²) in [6.07, 6.45) is 0.503. The van der Waals surface area contributed by atoms with Crippen molar-refractivity contribution in [1.29, 1.82) is 0 Å². The quantitative estimate of drug-likeness (QED) is 0.485. The molecular formula is C22H18FN3OS. The molecule has 0 spiro atoms. The minimum absolute atomic E-state index is 0.115. The van der Waals surface area contributed by atoms with Gasteiger partial charge in [-0.15, -0.1) is 0 Å². The van der Waals surface area contributed by atoms with Crippen LogP contribution in [0.25, 0.3) is 0 Å². The van der Waals surface area contributed by atoms with Crippen LogP contribution in [0.2, 0.25) is 0 Å². The summed E-state index contributed by atoms with van der Waals surface area (Å²) in [5.41, 5.74) is 6.47. The van der Waals surface area contributed by atoms with Gasteiger partial charge in [0.05, 0.1) is 5.71 Å². The standard InChI is InChI=1S/C22H18FN3OS/c23-16-10-12-17(13-11-16)24-22(28)26-25-19-14-21(15-6-2-1-3-7-15)27-20-9-5-4-8-18(19)20/h1-13,21H,14H2,(H2,24,26,28)/b25-19-. The lowest BCUT2D eigenvalue weighted by molar-refractivity contribution is 0.206. The molecule has 140 valence electrons. The van der Waals surface area contributed by atoms with Crippen molar-refractivity contribution in [3.05, 3.63) is 95.8 Å². The van der Waals surface area contributed by atoms with Gasteiger partial charge in [0.25, 0.3) is 0 Å². The number of ether oxygens (including phenoxy) is 1. The van der Waals surface area contributed by atoms with E-state index in [0.29, 0.717) is 17.2 Å². The maximum absolute atomic E-state index is 13.0. The molecule has 3 aromatic carbocycles. The number of nitrogens with one attached hydrogen (secondary N) is 2. The highest BCUT2D eigenvalue weighted by Gasteiger charge is 2.26. The summed E-state index contributed by atoms with van der Waals surface area (Å²) >= 11 is 5.30. The molecular weight excluding hydrogens is 373 g/mol. The van der Waals surface area contributed by atoms with Crippen LogP contribution in [0.15, 0.2) is 84.0 Å². The van der Waals surface area contributed by atoms with Crippen LogP contribution in [-0.4, -0.2) is 10.8 Å². The molecule has 0 radical (unpaired) electrons. The van der Waals surface area contributed by atoms with Crippen LogP contribution in [-0.2, 0) is 0 Å². The van der Waals surface area contributed by atoms with Crippen LogP contribution >= 0.6 is 12.2 Å². The molecule has 1 heterocycles. The highest BCUT2D eigenvalue weighted by Crippen LogP contribution is 2.34. The third kappa shape index (κ3) is 4.18. The Morgan fingerprint density at radius 1 is 0.964 bits per heavy atom. The van der Waals surface area contributed by atoms with Crippen molar-refractivity contribution in [2.45, 2.75) is 12.5 Å². The van der Waals surface area contributed by atoms with Crippen molar-refractivity contribution in [1.82, 2.24) is 5.43 Å². The number of hydrogen-bond donors (Lipinski definition) is 2. The Bertz CT molecular complexity index is 1010. The van der Waals surface area contributed by atoms with Crippen LogP contribution in [0, 0.1) is 5.82 Å². The molecule has 4 nitrogen and oxygen atoms in total. The molecule has 1 atom stereocenters. The summed E-state index contributed by atoms with van der Waals surface area (Å²) in [5.74, 6) is 0.496. The number of benzene rings is 3. The largest absolute Gasteiger partial charge is 0.485 e. The molecule has 0 aromatic heterocycles. The first-order valence-electron chi connectivity index (χ1n) is 8.89. The van der Waals surface area contributed by atoms with E-state index >= 15 is 0 Å². The van der Waals surface area contributed by atoms with E-state index in [-0.39, 0.29) is 11.9 Å². The van der Waals surface area contributed by atoms with Gasteiger partial charge < -0.3 is 10.1 Å².